The van der Waals surface area contributed by atoms with Crippen LogP contribution in [0.15, 0.2) is 30.5 Å². The van der Waals surface area contributed by atoms with Crippen LogP contribution in [-0.2, 0) is 6.54 Å². The third kappa shape index (κ3) is 3.11. The Labute approximate surface area is 123 Å². The fraction of sp³-hybridized carbons (Fsp3) is 0.200. The topological polar surface area (TPSA) is 50.9 Å². The Morgan fingerprint density at radius 1 is 1.35 bits per heavy atom. The smallest absolute Gasteiger partial charge is 0.129 e. The van der Waals surface area contributed by atoms with Gasteiger partial charge in [-0.2, -0.15) is 0 Å². The van der Waals surface area contributed by atoms with E-state index in [1.807, 2.05) is 24.3 Å². The van der Waals surface area contributed by atoms with E-state index in [9.17, 15) is 4.39 Å². The second kappa shape index (κ2) is 5.96. The van der Waals surface area contributed by atoms with Gasteiger partial charge in [-0.1, -0.05) is 24.4 Å². The van der Waals surface area contributed by atoms with Crippen molar-refractivity contribution in [2.45, 2.75) is 20.4 Å². The molecule has 5 heteroatoms. The van der Waals surface area contributed by atoms with Crippen LogP contribution >= 0.6 is 12.2 Å². The number of hydrogen-bond donors (Lipinski definition) is 2. The summed E-state index contributed by atoms with van der Waals surface area (Å²) >= 11 is 4.96. The predicted molar refractivity (Wildman–Crippen MR) is 83.3 cm³/mol. The van der Waals surface area contributed by atoms with Crippen LogP contribution in [-0.4, -0.2) is 9.97 Å². The van der Waals surface area contributed by atoms with Gasteiger partial charge in [0.15, 0.2) is 0 Å². The molecule has 20 heavy (non-hydrogen) atoms. The van der Waals surface area contributed by atoms with Crippen molar-refractivity contribution in [3.63, 3.8) is 0 Å². The number of nitrogens with one attached hydrogen (secondary N) is 1. The number of aryl methyl sites for hydroxylation is 2. The molecule has 2 rings (SSSR count). The SMILES string of the molecule is Cc1cc(CNc2cccnc2C(N)=S)cc(C)c1F. The third-order valence-electron chi connectivity index (χ3n) is 3.02. The van der Waals surface area contributed by atoms with Crippen LogP contribution in [0.25, 0.3) is 0 Å². The quantitative estimate of drug-likeness (QED) is 0.849. The molecule has 1 aromatic heterocycles. The standard InChI is InChI=1S/C15H16FN3S/c1-9-6-11(7-10(2)13(9)16)8-19-12-4-3-5-18-14(12)15(17)20/h3-7,19H,8H2,1-2H3,(H2,17,20). The molecule has 104 valence electrons. The Morgan fingerprint density at radius 2 is 2.00 bits per heavy atom. The molecule has 0 saturated carbocycles. The highest BCUT2D eigenvalue weighted by atomic mass is 32.1. The number of hydrogen-bond acceptors (Lipinski definition) is 3. The zero-order valence-electron chi connectivity index (χ0n) is 11.4. The predicted octanol–water partition coefficient (Wildman–Crippen LogP) is 3.08. The normalized spacial score (nSPS) is 10.3. The fourth-order valence-electron chi connectivity index (χ4n) is 2.08. The Kier molecular flexibility index (Phi) is 4.29. The molecule has 0 amide bonds. The lowest BCUT2D eigenvalue weighted by atomic mass is 10.1. The van der Waals surface area contributed by atoms with Crippen molar-refractivity contribution in [3.8, 4) is 0 Å². The van der Waals surface area contributed by atoms with Crippen LogP contribution in [0.5, 0.6) is 0 Å². The molecular formula is C15H16FN3S. The summed E-state index contributed by atoms with van der Waals surface area (Å²) in [5, 5.41) is 3.23. The third-order valence-corrected chi connectivity index (χ3v) is 3.21. The summed E-state index contributed by atoms with van der Waals surface area (Å²) in [5.41, 5.74) is 9.26. The van der Waals surface area contributed by atoms with E-state index in [1.165, 1.54) is 0 Å². The van der Waals surface area contributed by atoms with Crippen LogP contribution in [0.3, 0.4) is 0 Å². The molecule has 1 aromatic carbocycles. The van der Waals surface area contributed by atoms with Gasteiger partial charge >= 0.3 is 0 Å². The summed E-state index contributed by atoms with van der Waals surface area (Å²) in [6.07, 6.45) is 1.64. The maximum absolute atomic E-state index is 13.6. The summed E-state index contributed by atoms with van der Waals surface area (Å²) in [6, 6.07) is 7.33. The molecule has 0 atom stereocenters. The van der Waals surface area contributed by atoms with E-state index in [4.69, 9.17) is 18.0 Å². The van der Waals surface area contributed by atoms with Gasteiger partial charge in [0.1, 0.15) is 16.5 Å². The average molecular weight is 289 g/mol. The van der Waals surface area contributed by atoms with Crippen molar-refractivity contribution >= 4 is 22.9 Å². The van der Waals surface area contributed by atoms with Gasteiger partial charge in [0.2, 0.25) is 0 Å². The molecular weight excluding hydrogens is 273 g/mol. The zero-order valence-corrected chi connectivity index (χ0v) is 12.2. The van der Waals surface area contributed by atoms with Gasteiger partial charge in [-0.05, 0) is 42.7 Å². The van der Waals surface area contributed by atoms with Crippen molar-refractivity contribution in [2.24, 2.45) is 5.73 Å². The first-order chi connectivity index (χ1) is 9.49. The fourth-order valence-corrected chi connectivity index (χ4v) is 2.24. The first kappa shape index (κ1) is 14.4. The molecule has 0 saturated heterocycles. The minimum Gasteiger partial charge on any atom is -0.388 e. The molecule has 2 aromatic rings. The minimum absolute atomic E-state index is 0.154. The minimum atomic E-state index is -0.154. The maximum Gasteiger partial charge on any atom is 0.129 e. The molecule has 1 heterocycles. The number of thiocarbonyl (C=S) groups is 1. The van der Waals surface area contributed by atoms with Crippen molar-refractivity contribution in [1.82, 2.24) is 4.98 Å². The maximum atomic E-state index is 13.6. The number of benzene rings is 1. The van der Waals surface area contributed by atoms with Crippen LogP contribution in [0.1, 0.15) is 22.4 Å². The molecule has 0 aliphatic heterocycles. The van der Waals surface area contributed by atoms with E-state index >= 15 is 0 Å². The van der Waals surface area contributed by atoms with E-state index < -0.39 is 0 Å². The second-order valence-corrected chi connectivity index (χ2v) is 5.10. The van der Waals surface area contributed by atoms with E-state index in [0.29, 0.717) is 23.4 Å². The zero-order chi connectivity index (χ0) is 14.7. The number of aromatic nitrogens is 1. The van der Waals surface area contributed by atoms with Crippen LogP contribution < -0.4 is 11.1 Å². The second-order valence-electron chi connectivity index (χ2n) is 4.66. The monoisotopic (exact) mass is 289 g/mol. The lowest BCUT2D eigenvalue weighted by Gasteiger charge is -2.11. The van der Waals surface area contributed by atoms with E-state index in [2.05, 4.69) is 10.3 Å². The van der Waals surface area contributed by atoms with Gasteiger partial charge in [0, 0.05) is 12.7 Å². The van der Waals surface area contributed by atoms with Crippen LogP contribution in [0, 0.1) is 19.7 Å². The Hall–Kier alpha value is -2.01. The molecule has 3 nitrogen and oxygen atoms in total. The molecule has 0 aliphatic carbocycles. The number of rotatable bonds is 4. The summed E-state index contributed by atoms with van der Waals surface area (Å²) < 4.78 is 13.6. The van der Waals surface area contributed by atoms with Gasteiger partial charge in [-0.25, -0.2) is 4.39 Å². The van der Waals surface area contributed by atoms with Gasteiger partial charge in [0.25, 0.3) is 0 Å². The number of anilines is 1. The lowest BCUT2D eigenvalue weighted by Crippen LogP contribution is -2.15. The first-order valence-electron chi connectivity index (χ1n) is 6.23. The molecule has 0 unspecified atom stereocenters. The largest absolute Gasteiger partial charge is 0.388 e. The lowest BCUT2D eigenvalue weighted by molar-refractivity contribution is 0.608. The molecule has 0 radical (unpaired) electrons. The Morgan fingerprint density at radius 3 is 2.60 bits per heavy atom. The van der Waals surface area contributed by atoms with Crippen molar-refractivity contribution in [2.75, 3.05) is 5.32 Å². The van der Waals surface area contributed by atoms with Crippen LogP contribution in [0.4, 0.5) is 10.1 Å². The van der Waals surface area contributed by atoms with Gasteiger partial charge in [-0.3, -0.25) is 4.98 Å². The number of nitrogens with zero attached hydrogens (tertiary/aromatic N) is 1. The Balaban J connectivity index is 2.19. The van der Waals surface area contributed by atoms with Gasteiger partial charge in [-0.15, -0.1) is 0 Å². The van der Waals surface area contributed by atoms with E-state index in [1.54, 1.807) is 20.0 Å². The van der Waals surface area contributed by atoms with Crippen molar-refractivity contribution in [1.29, 1.82) is 0 Å². The van der Waals surface area contributed by atoms with Crippen molar-refractivity contribution < 1.29 is 4.39 Å². The summed E-state index contributed by atoms with van der Waals surface area (Å²) in [4.78, 5) is 4.40. The summed E-state index contributed by atoms with van der Waals surface area (Å²) in [7, 11) is 0. The van der Waals surface area contributed by atoms with Crippen LogP contribution in [0.2, 0.25) is 0 Å². The molecule has 3 N–H and O–H groups in total. The summed E-state index contributed by atoms with van der Waals surface area (Å²) in [6.45, 7) is 4.08. The molecule has 0 fully saturated rings. The average Bonchev–Trinajstić information content (AvgIpc) is 2.42. The highest BCUT2D eigenvalue weighted by Crippen LogP contribution is 2.17. The number of halogens is 1. The molecule has 0 spiro atoms. The number of pyridine rings is 1. The highest BCUT2D eigenvalue weighted by molar-refractivity contribution is 7.80. The molecule has 0 bridgehead atoms. The van der Waals surface area contributed by atoms with E-state index in [-0.39, 0.29) is 10.8 Å². The van der Waals surface area contributed by atoms with Crippen molar-refractivity contribution in [3.05, 3.63) is 58.7 Å². The van der Waals surface area contributed by atoms with E-state index in [0.717, 1.165) is 11.3 Å². The number of nitrogens with two attached hydrogens (primary N) is 1. The summed E-state index contributed by atoms with van der Waals surface area (Å²) in [5.74, 6) is -0.154. The van der Waals surface area contributed by atoms with Gasteiger partial charge < -0.3 is 11.1 Å². The first-order valence-corrected chi connectivity index (χ1v) is 6.64. The van der Waals surface area contributed by atoms with Gasteiger partial charge in [0.05, 0.1) is 5.69 Å². The highest BCUT2D eigenvalue weighted by Gasteiger charge is 2.07. The molecule has 0 aliphatic rings. The Bertz CT molecular complexity index is 632.